The van der Waals surface area contributed by atoms with Gasteiger partial charge in [-0.05, 0) is 61.6 Å². The molecule has 2 aromatic carbocycles. The van der Waals surface area contributed by atoms with Crippen molar-refractivity contribution in [2.45, 2.75) is 49.1 Å². The van der Waals surface area contributed by atoms with Crippen molar-refractivity contribution in [2.75, 3.05) is 11.8 Å². The lowest BCUT2D eigenvalue weighted by atomic mass is 9.84. The zero-order valence-electron chi connectivity index (χ0n) is 17.7. The predicted octanol–water partition coefficient (Wildman–Crippen LogP) is 3.57. The standard InChI is InChI=1S/C23H25FN2O5S/c1-31-23(28)21-14-16-6-2-5-9-20(16)26(21)22(27)15-10-12-17(13-11-15)32(29,30)25-19-8-4-3-7-18(19)24/h3-4,7-8,10-13,16,20-21,25H,2,5-6,9,14H2,1H3. The summed E-state index contributed by atoms with van der Waals surface area (Å²) in [6.07, 6.45) is 4.47. The Labute approximate surface area is 186 Å². The zero-order valence-corrected chi connectivity index (χ0v) is 18.5. The number of esters is 1. The SMILES string of the molecule is COC(=O)C1CC2CCCCC2N1C(=O)c1ccc(S(=O)(=O)Nc2ccccc2F)cc1. The van der Waals surface area contributed by atoms with Gasteiger partial charge < -0.3 is 9.64 Å². The molecular weight excluding hydrogens is 435 g/mol. The van der Waals surface area contributed by atoms with Crippen LogP contribution in [0.2, 0.25) is 0 Å². The van der Waals surface area contributed by atoms with Crippen LogP contribution in [-0.2, 0) is 19.6 Å². The van der Waals surface area contributed by atoms with E-state index in [1.54, 1.807) is 4.90 Å². The molecule has 170 valence electrons. The molecule has 1 saturated carbocycles. The highest BCUT2D eigenvalue weighted by atomic mass is 32.2. The second kappa shape index (κ2) is 8.90. The monoisotopic (exact) mass is 460 g/mol. The molecule has 1 heterocycles. The van der Waals surface area contributed by atoms with E-state index < -0.39 is 27.9 Å². The van der Waals surface area contributed by atoms with Crippen LogP contribution in [0.3, 0.4) is 0 Å². The van der Waals surface area contributed by atoms with Crippen LogP contribution in [0.25, 0.3) is 0 Å². The number of likely N-dealkylation sites (tertiary alicyclic amines) is 1. The number of amides is 1. The summed E-state index contributed by atoms with van der Waals surface area (Å²) in [5.41, 5.74) is 0.129. The van der Waals surface area contributed by atoms with Crippen LogP contribution in [-0.4, -0.2) is 44.4 Å². The van der Waals surface area contributed by atoms with Crippen molar-refractivity contribution in [3.05, 3.63) is 59.9 Å². The van der Waals surface area contributed by atoms with Crippen molar-refractivity contribution in [3.63, 3.8) is 0 Å². The minimum Gasteiger partial charge on any atom is -0.467 e. The first-order valence-electron chi connectivity index (χ1n) is 10.6. The number of nitrogens with one attached hydrogen (secondary N) is 1. The molecule has 1 saturated heterocycles. The maximum atomic E-state index is 13.8. The summed E-state index contributed by atoms with van der Waals surface area (Å²) in [5.74, 6) is -1.17. The maximum Gasteiger partial charge on any atom is 0.328 e. The summed E-state index contributed by atoms with van der Waals surface area (Å²) >= 11 is 0. The second-order valence-electron chi connectivity index (χ2n) is 8.21. The molecule has 7 nitrogen and oxygen atoms in total. The van der Waals surface area contributed by atoms with E-state index >= 15 is 0 Å². The van der Waals surface area contributed by atoms with Gasteiger partial charge in [-0.3, -0.25) is 9.52 Å². The number of hydrogen-bond donors (Lipinski definition) is 1. The van der Waals surface area contributed by atoms with Crippen LogP contribution < -0.4 is 4.72 Å². The fraction of sp³-hybridized carbons (Fsp3) is 0.391. The average molecular weight is 461 g/mol. The molecule has 0 spiro atoms. The number of methoxy groups -OCH3 is 1. The molecular formula is C23H25FN2O5S. The van der Waals surface area contributed by atoms with Gasteiger partial charge in [0.1, 0.15) is 11.9 Å². The van der Waals surface area contributed by atoms with Gasteiger partial charge in [-0.25, -0.2) is 17.6 Å². The molecule has 1 aliphatic heterocycles. The number of anilines is 1. The lowest BCUT2D eigenvalue weighted by Crippen LogP contribution is -2.46. The van der Waals surface area contributed by atoms with Gasteiger partial charge in [-0.15, -0.1) is 0 Å². The Hall–Kier alpha value is -2.94. The molecule has 1 N–H and O–H groups in total. The van der Waals surface area contributed by atoms with Crippen molar-refractivity contribution in [1.82, 2.24) is 4.90 Å². The number of nitrogens with zero attached hydrogens (tertiary/aromatic N) is 1. The van der Waals surface area contributed by atoms with Crippen molar-refractivity contribution >= 4 is 27.6 Å². The molecule has 2 fully saturated rings. The second-order valence-corrected chi connectivity index (χ2v) is 9.89. The summed E-state index contributed by atoms with van der Waals surface area (Å²) in [7, 11) is -2.72. The highest BCUT2D eigenvalue weighted by Crippen LogP contribution is 2.40. The molecule has 0 aromatic heterocycles. The number of carbonyl (C=O) groups excluding carboxylic acids is 2. The first-order valence-corrected chi connectivity index (χ1v) is 12.1. The molecule has 32 heavy (non-hydrogen) atoms. The average Bonchev–Trinajstić information content (AvgIpc) is 3.19. The van der Waals surface area contributed by atoms with Crippen LogP contribution in [0.5, 0.6) is 0 Å². The van der Waals surface area contributed by atoms with E-state index in [1.807, 2.05) is 0 Å². The highest BCUT2D eigenvalue weighted by Gasteiger charge is 2.48. The Kier molecular flexibility index (Phi) is 6.19. The molecule has 1 amide bonds. The first kappa shape index (κ1) is 22.3. The smallest absolute Gasteiger partial charge is 0.328 e. The number of benzene rings is 2. The highest BCUT2D eigenvalue weighted by molar-refractivity contribution is 7.92. The molecule has 4 rings (SSSR count). The fourth-order valence-electron chi connectivity index (χ4n) is 4.77. The van der Waals surface area contributed by atoms with Gasteiger partial charge in [0.2, 0.25) is 0 Å². The Balaban J connectivity index is 1.57. The molecule has 1 aliphatic carbocycles. The summed E-state index contributed by atoms with van der Waals surface area (Å²) in [4.78, 5) is 27.2. The van der Waals surface area contributed by atoms with E-state index in [0.29, 0.717) is 6.42 Å². The van der Waals surface area contributed by atoms with Crippen LogP contribution in [0.4, 0.5) is 10.1 Å². The summed E-state index contributed by atoms with van der Waals surface area (Å²) < 4.78 is 46.2. The Morgan fingerprint density at radius 1 is 1.06 bits per heavy atom. The number of rotatable bonds is 5. The minimum atomic E-state index is -4.03. The predicted molar refractivity (Wildman–Crippen MR) is 116 cm³/mol. The van der Waals surface area contributed by atoms with E-state index in [4.69, 9.17) is 4.74 Å². The van der Waals surface area contributed by atoms with Gasteiger partial charge >= 0.3 is 5.97 Å². The lowest BCUT2D eigenvalue weighted by Gasteiger charge is -2.33. The van der Waals surface area contributed by atoms with Crippen molar-refractivity contribution in [1.29, 1.82) is 0 Å². The zero-order chi connectivity index (χ0) is 22.9. The van der Waals surface area contributed by atoms with Crippen molar-refractivity contribution in [2.24, 2.45) is 5.92 Å². The van der Waals surface area contributed by atoms with E-state index in [2.05, 4.69) is 4.72 Å². The number of hydrogen-bond acceptors (Lipinski definition) is 5. The van der Waals surface area contributed by atoms with E-state index in [-0.39, 0.29) is 34.0 Å². The number of para-hydroxylation sites is 1. The molecule has 2 aliphatic rings. The van der Waals surface area contributed by atoms with Gasteiger partial charge in [-0.1, -0.05) is 25.0 Å². The number of ether oxygens (including phenoxy) is 1. The van der Waals surface area contributed by atoms with Gasteiger partial charge in [0.05, 0.1) is 17.7 Å². The van der Waals surface area contributed by atoms with Gasteiger partial charge in [0, 0.05) is 11.6 Å². The topological polar surface area (TPSA) is 92.8 Å². The van der Waals surface area contributed by atoms with Crippen LogP contribution in [0, 0.1) is 11.7 Å². The number of halogens is 1. The maximum absolute atomic E-state index is 13.8. The Bertz CT molecular complexity index is 1120. The molecule has 2 aromatic rings. The molecule has 0 bridgehead atoms. The number of sulfonamides is 1. The first-order chi connectivity index (χ1) is 15.3. The Morgan fingerprint density at radius 2 is 1.75 bits per heavy atom. The third-order valence-corrected chi connectivity index (χ3v) is 7.71. The Morgan fingerprint density at radius 3 is 2.44 bits per heavy atom. The van der Waals surface area contributed by atoms with Crippen LogP contribution >= 0.6 is 0 Å². The largest absolute Gasteiger partial charge is 0.467 e. The summed E-state index contributed by atoms with van der Waals surface area (Å²) in [6, 6.07) is 10.3. The van der Waals surface area contributed by atoms with E-state index in [9.17, 15) is 22.4 Å². The van der Waals surface area contributed by atoms with Crippen molar-refractivity contribution in [3.8, 4) is 0 Å². The third-order valence-electron chi connectivity index (χ3n) is 6.33. The lowest BCUT2D eigenvalue weighted by molar-refractivity contribution is -0.145. The minimum absolute atomic E-state index is 0.0218. The fourth-order valence-corrected chi connectivity index (χ4v) is 5.84. The number of carbonyl (C=O) groups is 2. The van der Waals surface area contributed by atoms with E-state index in [1.165, 1.54) is 49.6 Å². The van der Waals surface area contributed by atoms with Crippen LogP contribution in [0.15, 0.2) is 53.4 Å². The molecule has 3 atom stereocenters. The van der Waals surface area contributed by atoms with Gasteiger partial charge in [0.25, 0.3) is 15.9 Å². The van der Waals surface area contributed by atoms with Gasteiger partial charge in [0.15, 0.2) is 0 Å². The van der Waals surface area contributed by atoms with Crippen LogP contribution in [0.1, 0.15) is 42.5 Å². The summed E-state index contributed by atoms with van der Waals surface area (Å²) in [6.45, 7) is 0. The molecule has 9 heteroatoms. The summed E-state index contributed by atoms with van der Waals surface area (Å²) in [5, 5.41) is 0. The number of fused-ring (bicyclic) bond motifs is 1. The normalized spacial score (nSPS) is 22.8. The van der Waals surface area contributed by atoms with Gasteiger partial charge in [-0.2, -0.15) is 0 Å². The van der Waals surface area contributed by atoms with Crippen molar-refractivity contribution < 1.29 is 27.1 Å². The molecule has 3 unspecified atom stereocenters. The molecule has 0 radical (unpaired) electrons. The third kappa shape index (κ3) is 4.21. The van der Waals surface area contributed by atoms with E-state index in [0.717, 1.165) is 31.7 Å². The quantitative estimate of drug-likeness (QED) is 0.689.